The summed E-state index contributed by atoms with van der Waals surface area (Å²) in [7, 11) is 0. The predicted octanol–water partition coefficient (Wildman–Crippen LogP) is 1.08. The lowest BCUT2D eigenvalue weighted by molar-refractivity contribution is 0.0172. The van der Waals surface area contributed by atoms with Crippen LogP contribution in [0, 0.1) is 0 Å². The van der Waals surface area contributed by atoms with E-state index in [4.69, 9.17) is 9.94 Å². The molecule has 5 heteroatoms. The van der Waals surface area contributed by atoms with Crippen LogP contribution in [0.2, 0.25) is 0 Å². The van der Waals surface area contributed by atoms with Gasteiger partial charge in [0.2, 0.25) is 0 Å². The van der Waals surface area contributed by atoms with Gasteiger partial charge in [-0.1, -0.05) is 0 Å². The maximum Gasteiger partial charge on any atom is 0.129 e. The Morgan fingerprint density at radius 3 is 3.00 bits per heavy atom. The zero-order chi connectivity index (χ0) is 9.97. The first-order chi connectivity index (χ1) is 6.79. The Morgan fingerprint density at radius 1 is 1.57 bits per heavy atom. The molecule has 74 valence electrons. The molecule has 2 N–H and O–H groups in total. The third-order valence-electron chi connectivity index (χ3n) is 1.86. The average Bonchev–Trinajstić information content (AvgIpc) is 2.67. The smallest absolute Gasteiger partial charge is 0.129 e. The molecule has 1 aliphatic heterocycles. The van der Waals surface area contributed by atoms with Gasteiger partial charge >= 0.3 is 0 Å². The maximum atomic E-state index is 8.84. The van der Waals surface area contributed by atoms with Crippen molar-refractivity contribution in [2.24, 2.45) is 0 Å². The fourth-order valence-electron chi connectivity index (χ4n) is 1.16. The van der Waals surface area contributed by atoms with E-state index in [-0.39, 0.29) is 12.7 Å². The van der Waals surface area contributed by atoms with Crippen LogP contribution in [0.5, 0.6) is 0 Å². The molecule has 0 saturated heterocycles. The van der Waals surface area contributed by atoms with Gasteiger partial charge in [-0.15, -0.1) is 0 Å². The van der Waals surface area contributed by atoms with Crippen molar-refractivity contribution in [2.45, 2.75) is 6.10 Å². The summed E-state index contributed by atoms with van der Waals surface area (Å²) in [5.74, 6) is 0. The van der Waals surface area contributed by atoms with Gasteiger partial charge in [-0.05, 0) is 34.1 Å². The SMILES string of the molecule is OC[C@@H]1C=C(c2ccc(Br)cn2)NO1. The molecule has 0 amide bonds. The van der Waals surface area contributed by atoms with Crippen molar-refractivity contribution in [2.75, 3.05) is 6.61 Å². The standard InChI is InChI=1S/C9H9BrN2O2/c10-6-1-2-8(11-4-6)9-3-7(5-13)14-12-9/h1-4,7,12-13H,5H2/t7-/m0/s1. The molecule has 0 unspecified atom stereocenters. The molecule has 0 aliphatic carbocycles. The van der Waals surface area contributed by atoms with Crippen molar-refractivity contribution in [1.82, 2.24) is 10.5 Å². The van der Waals surface area contributed by atoms with Crippen molar-refractivity contribution >= 4 is 21.6 Å². The normalized spacial score (nSPS) is 20.4. The zero-order valence-corrected chi connectivity index (χ0v) is 8.86. The molecular formula is C9H9BrN2O2. The molecule has 0 spiro atoms. The summed E-state index contributed by atoms with van der Waals surface area (Å²) in [6, 6.07) is 3.77. The molecule has 0 radical (unpaired) electrons. The Morgan fingerprint density at radius 2 is 2.43 bits per heavy atom. The molecule has 0 bridgehead atoms. The number of nitrogens with one attached hydrogen (secondary N) is 1. The molecular weight excluding hydrogens is 248 g/mol. The van der Waals surface area contributed by atoms with Crippen LogP contribution >= 0.6 is 15.9 Å². The van der Waals surface area contributed by atoms with Crippen molar-refractivity contribution in [3.63, 3.8) is 0 Å². The number of rotatable bonds is 2. The van der Waals surface area contributed by atoms with E-state index >= 15 is 0 Å². The van der Waals surface area contributed by atoms with Crippen LogP contribution in [-0.2, 0) is 4.84 Å². The van der Waals surface area contributed by atoms with E-state index in [0.29, 0.717) is 0 Å². The highest BCUT2D eigenvalue weighted by Gasteiger charge is 2.16. The fourth-order valence-corrected chi connectivity index (χ4v) is 1.39. The van der Waals surface area contributed by atoms with Gasteiger partial charge in [-0.25, -0.2) is 0 Å². The zero-order valence-electron chi connectivity index (χ0n) is 7.27. The van der Waals surface area contributed by atoms with Gasteiger partial charge in [0, 0.05) is 10.7 Å². The van der Waals surface area contributed by atoms with Crippen LogP contribution in [0.4, 0.5) is 0 Å². The Labute approximate surface area is 89.7 Å². The number of halogens is 1. The number of pyridine rings is 1. The van der Waals surface area contributed by atoms with Crippen LogP contribution in [0.25, 0.3) is 5.70 Å². The van der Waals surface area contributed by atoms with Crippen LogP contribution in [0.1, 0.15) is 5.69 Å². The monoisotopic (exact) mass is 256 g/mol. The number of hydrogen-bond donors (Lipinski definition) is 2. The lowest BCUT2D eigenvalue weighted by Gasteiger charge is -2.02. The lowest BCUT2D eigenvalue weighted by atomic mass is 10.2. The molecule has 2 rings (SSSR count). The highest BCUT2D eigenvalue weighted by Crippen LogP contribution is 2.17. The van der Waals surface area contributed by atoms with E-state index in [2.05, 4.69) is 26.4 Å². The van der Waals surface area contributed by atoms with Crippen LogP contribution < -0.4 is 5.48 Å². The van der Waals surface area contributed by atoms with E-state index in [9.17, 15) is 0 Å². The summed E-state index contributed by atoms with van der Waals surface area (Å²) in [5, 5.41) is 8.84. The predicted molar refractivity (Wildman–Crippen MR) is 55.0 cm³/mol. The second-order valence-corrected chi connectivity index (χ2v) is 3.80. The van der Waals surface area contributed by atoms with E-state index < -0.39 is 0 Å². The highest BCUT2D eigenvalue weighted by atomic mass is 79.9. The minimum absolute atomic E-state index is 0.0347. The number of aliphatic hydroxyl groups excluding tert-OH is 1. The molecule has 1 aliphatic rings. The third-order valence-corrected chi connectivity index (χ3v) is 2.33. The average molecular weight is 257 g/mol. The first-order valence-electron chi connectivity index (χ1n) is 4.16. The summed E-state index contributed by atoms with van der Waals surface area (Å²) in [6.07, 6.45) is 3.23. The molecule has 1 aromatic rings. The Kier molecular flexibility index (Phi) is 2.81. The lowest BCUT2D eigenvalue weighted by Crippen LogP contribution is -2.15. The van der Waals surface area contributed by atoms with Gasteiger partial charge in [0.15, 0.2) is 0 Å². The van der Waals surface area contributed by atoms with Gasteiger partial charge in [0.05, 0.1) is 18.0 Å². The molecule has 0 saturated carbocycles. The molecule has 1 aromatic heterocycles. The van der Waals surface area contributed by atoms with E-state index in [1.54, 1.807) is 12.3 Å². The van der Waals surface area contributed by atoms with Crippen LogP contribution in [0.3, 0.4) is 0 Å². The first kappa shape index (κ1) is 9.64. The number of aliphatic hydroxyl groups is 1. The molecule has 2 heterocycles. The topological polar surface area (TPSA) is 54.4 Å². The summed E-state index contributed by atoms with van der Waals surface area (Å²) in [4.78, 5) is 9.24. The summed E-state index contributed by atoms with van der Waals surface area (Å²) < 4.78 is 0.930. The van der Waals surface area contributed by atoms with E-state index in [0.717, 1.165) is 15.9 Å². The molecule has 1 atom stereocenters. The van der Waals surface area contributed by atoms with Gasteiger partial charge in [0.1, 0.15) is 6.10 Å². The molecule has 4 nitrogen and oxygen atoms in total. The highest BCUT2D eigenvalue weighted by molar-refractivity contribution is 9.10. The molecule has 0 fully saturated rings. The second kappa shape index (κ2) is 4.08. The van der Waals surface area contributed by atoms with Crippen molar-refractivity contribution in [3.05, 3.63) is 34.6 Å². The minimum atomic E-state index is -0.282. The van der Waals surface area contributed by atoms with Crippen LogP contribution in [0.15, 0.2) is 28.9 Å². The molecule has 0 aromatic carbocycles. The van der Waals surface area contributed by atoms with E-state index in [1.165, 1.54) is 0 Å². The van der Waals surface area contributed by atoms with Gasteiger partial charge < -0.3 is 5.11 Å². The van der Waals surface area contributed by atoms with Gasteiger partial charge in [0.25, 0.3) is 0 Å². The number of aromatic nitrogens is 1. The Bertz CT molecular complexity index is 350. The number of hydroxylamine groups is 1. The maximum absolute atomic E-state index is 8.84. The van der Waals surface area contributed by atoms with Crippen LogP contribution in [-0.4, -0.2) is 22.8 Å². The third kappa shape index (κ3) is 1.95. The van der Waals surface area contributed by atoms with Gasteiger partial charge in [-0.2, -0.15) is 0 Å². The number of nitrogens with zero attached hydrogens (tertiary/aromatic N) is 1. The van der Waals surface area contributed by atoms with E-state index in [1.807, 2.05) is 12.1 Å². The van der Waals surface area contributed by atoms with Crippen molar-refractivity contribution < 1.29 is 9.94 Å². The minimum Gasteiger partial charge on any atom is -0.393 e. The summed E-state index contributed by atoms with van der Waals surface area (Å²) in [6.45, 7) is -0.0347. The summed E-state index contributed by atoms with van der Waals surface area (Å²) >= 11 is 3.31. The second-order valence-electron chi connectivity index (χ2n) is 2.88. The summed E-state index contributed by atoms with van der Waals surface area (Å²) in [5.41, 5.74) is 4.30. The fraction of sp³-hybridized carbons (Fsp3) is 0.222. The van der Waals surface area contributed by atoms with Crippen molar-refractivity contribution in [3.8, 4) is 0 Å². The molecule has 14 heavy (non-hydrogen) atoms. The number of hydrogen-bond acceptors (Lipinski definition) is 4. The van der Waals surface area contributed by atoms with Crippen molar-refractivity contribution in [1.29, 1.82) is 0 Å². The first-order valence-corrected chi connectivity index (χ1v) is 4.95. The largest absolute Gasteiger partial charge is 0.393 e. The quantitative estimate of drug-likeness (QED) is 0.832. The van der Waals surface area contributed by atoms with Gasteiger partial charge in [-0.3, -0.25) is 15.3 Å². The Balaban J connectivity index is 2.20. The Hall–Kier alpha value is -0.910.